The lowest BCUT2D eigenvalue weighted by molar-refractivity contribution is -0.112. The molecule has 2 heterocycles. The maximum absolute atomic E-state index is 13.3. The van der Waals surface area contributed by atoms with Crippen molar-refractivity contribution in [3.05, 3.63) is 105 Å². The molecule has 0 saturated carbocycles. The second-order valence-corrected chi connectivity index (χ2v) is 7.93. The van der Waals surface area contributed by atoms with E-state index in [0.717, 1.165) is 16.7 Å². The molecule has 0 fully saturated rings. The van der Waals surface area contributed by atoms with Crippen LogP contribution in [-0.4, -0.2) is 15.3 Å². The number of carbonyl (C=O) groups is 1. The molecule has 0 spiro atoms. The van der Waals surface area contributed by atoms with Gasteiger partial charge in [0.1, 0.15) is 28.6 Å². The van der Waals surface area contributed by atoms with Gasteiger partial charge in [-0.2, -0.15) is 10.2 Å². The molecule has 0 aliphatic rings. The Morgan fingerprint density at radius 2 is 1.76 bits per heavy atom. The average Bonchev–Trinajstić information content (AvgIpc) is 2.80. The number of carbonyl (C=O) groups excluding carboxylic acids is 1. The lowest BCUT2D eigenvalue weighted by Crippen LogP contribution is -2.20. The van der Waals surface area contributed by atoms with Crippen LogP contribution in [0.2, 0.25) is 0 Å². The molecule has 0 bridgehead atoms. The van der Waals surface area contributed by atoms with Gasteiger partial charge in [0.2, 0.25) is 5.88 Å². The molecule has 7 nitrogen and oxygen atoms in total. The number of pyridine rings is 1. The van der Waals surface area contributed by atoms with Gasteiger partial charge in [-0.1, -0.05) is 30.3 Å². The predicted octanol–water partition coefficient (Wildman–Crippen LogP) is 4.96. The van der Waals surface area contributed by atoms with Crippen LogP contribution >= 0.6 is 0 Å². The third-order valence-electron chi connectivity index (χ3n) is 5.19. The van der Waals surface area contributed by atoms with Gasteiger partial charge in [0, 0.05) is 11.9 Å². The van der Waals surface area contributed by atoms with Crippen molar-refractivity contribution in [3.8, 4) is 17.7 Å². The highest BCUT2D eigenvalue weighted by molar-refractivity contribution is 6.10. The van der Waals surface area contributed by atoms with E-state index in [2.05, 4.69) is 10.3 Å². The molecule has 0 atom stereocenters. The smallest absolute Gasteiger partial charge is 0.269 e. The van der Waals surface area contributed by atoms with Crippen LogP contribution < -0.4 is 15.6 Å². The number of aromatic nitrogens is 2. The van der Waals surface area contributed by atoms with E-state index in [1.54, 1.807) is 36.5 Å². The molecule has 0 radical (unpaired) electrons. The summed E-state index contributed by atoms with van der Waals surface area (Å²) < 4.78 is 7.35. The Morgan fingerprint density at radius 3 is 2.47 bits per heavy atom. The van der Waals surface area contributed by atoms with Gasteiger partial charge in [-0.15, -0.1) is 0 Å². The van der Waals surface area contributed by atoms with Crippen molar-refractivity contribution in [2.75, 3.05) is 5.32 Å². The number of nitriles is 1. The normalized spacial score (nSPS) is 11.2. The number of hydrogen-bond donors (Lipinski definition) is 1. The maximum Gasteiger partial charge on any atom is 0.269 e. The first-order chi connectivity index (χ1) is 16.4. The van der Waals surface area contributed by atoms with E-state index in [0.29, 0.717) is 17.1 Å². The van der Waals surface area contributed by atoms with Crippen molar-refractivity contribution in [3.63, 3.8) is 0 Å². The van der Waals surface area contributed by atoms with Crippen molar-refractivity contribution in [2.45, 2.75) is 20.8 Å². The SMILES string of the molecule is Cc1cc(C)cc(Oc2nc3ccccn3c(=O)c2/C=C(/C#N)C(=O)Nc2ccccc2C)c1. The quantitative estimate of drug-likeness (QED) is 0.342. The Kier molecular flexibility index (Phi) is 6.24. The minimum absolute atomic E-state index is 0.000609. The Bertz CT molecular complexity index is 1520. The largest absolute Gasteiger partial charge is 0.438 e. The van der Waals surface area contributed by atoms with Gasteiger partial charge in [0.05, 0.1) is 0 Å². The number of nitrogens with zero attached hydrogens (tertiary/aromatic N) is 3. The number of nitrogens with one attached hydrogen (secondary N) is 1. The van der Waals surface area contributed by atoms with Gasteiger partial charge in [0.15, 0.2) is 0 Å². The number of fused-ring (bicyclic) bond motifs is 1. The first-order valence-corrected chi connectivity index (χ1v) is 10.6. The summed E-state index contributed by atoms with van der Waals surface area (Å²) in [6.07, 6.45) is 2.79. The monoisotopic (exact) mass is 450 g/mol. The molecule has 34 heavy (non-hydrogen) atoms. The summed E-state index contributed by atoms with van der Waals surface area (Å²) >= 11 is 0. The molecule has 1 N–H and O–H groups in total. The molecule has 168 valence electrons. The van der Waals surface area contributed by atoms with Crippen molar-refractivity contribution in [1.82, 2.24) is 9.38 Å². The molecule has 7 heteroatoms. The minimum atomic E-state index is -0.633. The van der Waals surface area contributed by atoms with Crippen molar-refractivity contribution < 1.29 is 9.53 Å². The molecular formula is C27H22N4O3. The molecule has 4 rings (SSSR count). The molecule has 1 amide bonds. The van der Waals surface area contributed by atoms with Gasteiger partial charge >= 0.3 is 0 Å². The molecule has 2 aromatic heterocycles. The van der Waals surface area contributed by atoms with Crippen molar-refractivity contribution >= 4 is 23.3 Å². The van der Waals surface area contributed by atoms with Crippen LogP contribution in [0.25, 0.3) is 11.7 Å². The summed E-state index contributed by atoms with van der Waals surface area (Å²) in [4.78, 5) is 30.7. The summed E-state index contributed by atoms with van der Waals surface area (Å²) in [7, 11) is 0. The van der Waals surface area contributed by atoms with Gasteiger partial charge in [-0.3, -0.25) is 14.0 Å². The van der Waals surface area contributed by atoms with E-state index < -0.39 is 11.5 Å². The van der Waals surface area contributed by atoms with E-state index in [9.17, 15) is 14.9 Å². The molecule has 4 aromatic rings. The van der Waals surface area contributed by atoms with Crippen LogP contribution in [0.4, 0.5) is 5.69 Å². The summed E-state index contributed by atoms with van der Waals surface area (Å²) in [5.74, 6) is -0.119. The maximum atomic E-state index is 13.3. The fourth-order valence-corrected chi connectivity index (χ4v) is 3.58. The number of benzene rings is 2. The number of anilines is 1. The zero-order valence-electron chi connectivity index (χ0n) is 19.0. The molecule has 0 aliphatic heterocycles. The number of para-hydroxylation sites is 1. The molecular weight excluding hydrogens is 428 g/mol. The number of hydrogen-bond acceptors (Lipinski definition) is 5. The van der Waals surface area contributed by atoms with Crippen LogP contribution in [0.15, 0.2) is 77.2 Å². The highest BCUT2D eigenvalue weighted by Crippen LogP contribution is 2.26. The van der Waals surface area contributed by atoms with Crippen LogP contribution in [0.1, 0.15) is 22.3 Å². The third-order valence-corrected chi connectivity index (χ3v) is 5.19. The number of rotatable bonds is 5. The Labute approximate surface area is 196 Å². The van der Waals surface area contributed by atoms with Crippen molar-refractivity contribution in [1.29, 1.82) is 5.26 Å². The lowest BCUT2D eigenvalue weighted by Gasteiger charge is -2.12. The van der Waals surface area contributed by atoms with E-state index >= 15 is 0 Å². The minimum Gasteiger partial charge on any atom is -0.438 e. The highest BCUT2D eigenvalue weighted by Gasteiger charge is 2.18. The van der Waals surface area contributed by atoms with Gasteiger partial charge in [0.25, 0.3) is 11.5 Å². The fourth-order valence-electron chi connectivity index (χ4n) is 3.58. The zero-order valence-corrected chi connectivity index (χ0v) is 19.0. The van der Waals surface area contributed by atoms with Crippen LogP contribution in [-0.2, 0) is 4.79 Å². The van der Waals surface area contributed by atoms with Crippen LogP contribution in [0, 0.1) is 32.1 Å². The first-order valence-electron chi connectivity index (χ1n) is 10.6. The number of ether oxygens (including phenoxy) is 1. The summed E-state index contributed by atoms with van der Waals surface area (Å²) in [6, 6.07) is 19.9. The Hall–Kier alpha value is -4.70. The Morgan fingerprint density at radius 1 is 1.06 bits per heavy atom. The van der Waals surface area contributed by atoms with Crippen LogP contribution in [0.3, 0.4) is 0 Å². The molecule has 0 saturated heterocycles. The van der Waals surface area contributed by atoms with Crippen molar-refractivity contribution in [2.24, 2.45) is 0 Å². The van der Waals surface area contributed by atoms with E-state index in [-0.39, 0.29) is 17.0 Å². The van der Waals surface area contributed by atoms with E-state index in [1.165, 1.54) is 10.5 Å². The summed E-state index contributed by atoms with van der Waals surface area (Å²) in [5, 5.41) is 12.4. The lowest BCUT2D eigenvalue weighted by atomic mass is 10.1. The molecule has 0 aliphatic carbocycles. The average molecular weight is 450 g/mol. The fraction of sp³-hybridized carbons (Fsp3) is 0.111. The molecule has 0 unspecified atom stereocenters. The highest BCUT2D eigenvalue weighted by atomic mass is 16.5. The third kappa shape index (κ3) is 4.71. The zero-order chi connectivity index (χ0) is 24.2. The second-order valence-electron chi connectivity index (χ2n) is 7.93. The van der Waals surface area contributed by atoms with E-state index in [4.69, 9.17) is 4.74 Å². The predicted molar refractivity (Wildman–Crippen MR) is 131 cm³/mol. The number of aryl methyl sites for hydroxylation is 3. The first kappa shape index (κ1) is 22.5. The van der Waals surface area contributed by atoms with Gasteiger partial charge < -0.3 is 10.1 Å². The Balaban J connectivity index is 1.83. The van der Waals surface area contributed by atoms with Gasteiger partial charge in [-0.25, -0.2) is 0 Å². The van der Waals surface area contributed by atoms with Crippen LogP contribution in [0.5, 0.6) is 11.6 Å². The summed E-state index contributed by atoms with van der Waals surface area (Å²) in [6.45, 7) is 5.72. The number of amides is 1. The topological polar surface area (TPSA) is 96.5 Å². The second kappa shape index (κ2) is 9.43. The molecule has 2 aromatic carbocycles. The van der Waals surface area contributed by atoms with E-state index in [1.807, 2.05) is 57.2 Å². The van der Waals surface area contributed by atoms with Gasteiger partial charge in [-0.05, 0) is 73.9 Å². The standard InChI is InChI=1S/C27H22N4O3/c1-17-12-18(2)14-21(13-17)34-26-22(27(33)31-11-7-6-10-24(31)30-26)15-20(16-28)25(32)29-23-9-5-4-8-19(23)3/h4-15H,1-3H3,(H,29,32)/b20-15-. The summed E-state index contributed by atoms with van der Waals surface area (Å²) in [5.41, 5.74) is 3.07.